The van der Waals surface area contributed by atoms with Crippen molar-refractivity contribution in [3.8, 4) is 23.1 Å². The summed E-state index contributed by atoms with van der Waals surface area (Å²) in [5, 5.41) is 16.2. The Kier molecular flexibility index (Phi) is 7.33. The van der Waals surface area contributed by atoms with Gasteiger partial charge in [0.1, 0.15) is 30.5 Å². The molecule has 0 N–H and O–H groups in total. The highest BCUT2D eigenvalue weighted by Gasteiger charge is 2.15. The normalized spacial score (nSPS) is 10.8. The maximum absolute atomic E-state index is 11.8. The van der Waals surface area contributed by atoms with Gasteiger partial charge in [0.2, 0.25) is 5.88 Å². The maximum atomic E-state index is 11.8. The van der Waals surface area contributed by atoms with Gasteiger partial charge in [-0.1, -0.05) is 0 Å². The Morgan fingerprint density at radius 1 is 0.972 bits per heavy atom. The molecule has 0 saturated carbocycles. The number of nitro groups is 1. The third-order valence-corrected chi connectivity index (χ3v) is 5.59. The fourth-order valence-electron chi connectivity index (χ4n) is 3.70. The van der Waals surface area contributed by atoms with E-state index in [9.17, 15) is 14.9 Å². The number of fused-ring (bicyclic) bond motifs is 1. The molecule has 1 heterocycles. The molecule has 186 valence electrons. The molecule has 3 aromatic carbocycles. The smallest absolute Gasteiger partial charge is 0.269 e. The lowest BCUT2D eigenvalue weighted by atomic mass is 10.1. The standard InChI is InChI=1S/C26H25N3O7/c1-17(30)18-4-11-25(34-3)19(14-18)16-36-26-23-15-22(33-2)9-10-24(23)28(27-26)12-13-35-21-7-5-20(6-8-21)29(31)32/h4-11,14-15H,12-13,16H2,1-3H3. The highest BCUT2D eigenvalue weighted by molar-refractivity contribution is 5.94. The number of ketones is 1. The number of non-ortho nitro benzene ring substituents is 1. The number of methoxy groups -OCH3 is 2. The first kappa shape index (κ1) is 24.5. The zero-order chi connectivity index (χ0) is 25.7. The number of nitro benzene ring substituents is 1. The summed E-state index contributed by atoms with van der Waals surface area (Å²) < 4.78 is 24.4. The van der Waals surface area contributed by atoms with Gasteiger partial charge in [0.05, 0.1) is 36.6 Å². The zero-order valence-corrected chi connectivity index (χ0v) is 20.1. The third kappa shape index (κ3) is 5.38. The topological polar surface area (TPSA) is 115 Å². The quantitative estimate of drug-likeness (QED) is 0.167. The summed E-state index contributed by atoms with van der Waals surface area (Å²) in [4.78, 5) is 22.2. The van der Waals surface area contributed by atoms with Gasteiger partial charge in [-0.3, -0.25) is 19.6 Å². The number of nitrogens with zero attached hydrogens (tertiary/aromatic N) is 3. The molecule has 0 fully saturated rings. The first-order valence-electron chi connectivity index (χ1n) is 11.1. The van der Waals surface area contributed by atoms with Crippen LogP contribution in [0.4, 0.5) is 5.69 Å². The number of carbonyl (C=O) groups is 1. The summed E-state index contributed by atoms with van der Waals surface area (Å²) >= 11 is 0. The van der Waals surface area contributed by atoms with Crippen LogP contribution in [0.3, 0.4) is 0 Å². The molecular formula is C26H25N3O7. The van der Waals surface area contributed by atoms with Gasteiger partial charge in [-0.25, -0.2) is 0 Å². The molecule has 0 spiro atoms. The number of rotatable bonds is 11. The second-order valence-electron chi connectivity index (χ2n) is 7.88. The first-order valence-corrected chi connectivity index (χ1v) is 11.1. The lowest BCUT2D eigenvalue weighted by Crippen LogP contribution is -2.09. The van der Waals surface area contributed by atoms with E-state index in [4.69, 9.17) is 18.9 Å². The van der Waals surface area contributed by atoms with Gasteiger partial charge < -0.3 is 18.9 Å². The van der Waals surface area contributed by atoms with Gasteiger partial charge in [0.15, 0.2) is 5.78 Å². The lowest BCUT2D eigenvalue weighted by Gasteiger charge is -2.10. The van der Waals surface area contributed by atoms with Gasteiger partial charge in [-0.05, 0) is 55.5 Å². The van der Waals surface area contributed by atoms with E-state index in [2.05, 4.69) is 5.10 Å². The second-order valence-corrected chi connectivity index (χ2v) is 7.88. The summed E-state index contributed by atoms with van der Waals surface area (Å²) in [7, 11) is 3.15. The van der Waals surface area contributed by atoms with Crippen LogP contribution in [0.5, 0.6) is 23.1 Å². The van der Waals surface area contributed by atoms with Gasteiger partial charge in [0.25, 0.3) is 5.69 Å². The molecule has 0 aliphatic carbocycles. The summed E-state index contributed by atoms with van der Waals surface area (Å²) in [6.07, 6.45) is 0. The van der Waals surface area contributed by atoms with Crippen LogP contribution < -0.4 is 18.9 Å². The van der Waals surface area contributed by atoms with Crippen molar-refractivity contribution >= 4 is 22.4 Å². The van der Waals surface area contributed by atoms with Gasteiger partial charge in [-0.2, -0.15) is 0 Å². The van der Waals surface area contributed by atoms with Crippen LogP contribution in [0, 0.1) is 10.1 Å². The molecule has 0 bridgehead atoms. The van der Waals surface area contributed by atoms with Crippen molar-refractivity contribution in [3.05, 3.63) is 81.9 Å². The predicted molar refractivity (Wildman–Crippen MR) is 132 cm³/mol. The van der Waals surface area contributed by atoms with Gasteiger partial charge in [-0.15, -0.1) is 5.10 Å². The molecular weight excluding hydrogens is 466 g/mol. The fraction of sp³-hybridized carbons (Fsp3) is 0.231. The minimum Gasteiger partial charge on any atom is -0.497 e. The molecule has 10 nitrogen and oxygen atoms in total. The van der Waals surface area contributed by atoms with Crippen molar-refractivity contribution in [2.75, 3.05) is 20.8 Å². The number of hydrogen-bond acceptors (Lipinski definition) is 8. The monoisotopic (exact) mass is 491 g/mol. The molecule has 0 unspecified atom stereocenters. The van der Waals surface area contributed by atoms with Crippen LogP contribution in [0.15, 0.2) is 60.7 Å². The minimum absolute atomic E-state index is 0.00151. The van der Waals surface area contributed by atoms with Crippen LogP contribution in [0.25, 0.3) is 10.9 Å². The van der Waals surface area contributed by atoms with Crippen molar-refractivity contribution in [2.45, 2.75) is 20.1 Å². The third-order valence-electron chi connectivity index (χ3n) is 5.59. The van der Waals surface area contributed by atoms with Crippen molar-refractivity contribution in [1.82, 2.24) is 9.78 Å². The largest absolute Gasteiger partial charge is 0.497 e. The van der Waals surface area contributed by atoms with E-state index in [1.54, 1.807) is 49.2 Å². The molecule has 4 rings (SSSR count). The molecule has 0 saturated heterocycles. The van der Waals surface area contributed by atoms with Crippen LogP contribution in [0.2, 0.25) is 0 Å². The Balaban J connectivity index is 1.54. The van der Waals surface area contributed by atoms with Crippen molar-refractivity contribution in [2.24, 2.45) is 0 Å². The fourth-order valence-corrected chi connectivity index (χ4v) is 3.70. The minimum atomic E-state index is -0.457. The van der Waals surface area contributed by atoms with Crippen LogP contribution in [-0.4, -0.2) is 41.3 Å². The number of benzene rings is 3. The average Bonchev–Trinajstić information content (AvgIpc) is 3.24. The Morgan fingerprint density at radius 3 is 2.39 bits per heavy atom. The van der Waals surface area contributed by atoms with Crippen molar-refractivity contribution < 1.29 is 28.7 Å². The van der Waals surface area contributed by atoms with Gasteiger partial charge in [0, 0.05) is 23.3 Å². The predicted octanol–water partition coefficient (Wildman–Crippen LogP) is 4.82. The van der Waals surface area contributed by atoms with Gasteiger partial charge >= 0.3 is 0 Å². The highest BCUT2D eigenvalue weighted by Crippen LogP contribution is 2.31. The van der Waals surface area contributed by atoms with Crippen LogP contribution in [-0.2, 0) is 13.2 Å². The average molecular weight is 492 g/mol. The summed E-state index contributed by atoms with van der Waals surface area (Å²) in [6, 6.07) is 16.7. The van der Waals surface area contributed by atoms with E-state index in [-0.39, 0.29) is 24.7 Å². The Labute approximate surface area is 207 Å². The van der Waals surface area contributed by atoms with E-state index < -0.39 is 4.92 Å². The lowest BCUT2D eigenvalue weighted by molar-refractivity contribution is -0.384. The maximum Gasteiger partial charge on any atom is 0.269 e. The van der Waals surface area contributed by atoms with Crippen molar-refractivity contribution in [3.63, 3.8) is 0 Å². The molecule has 36 heavy (non-hydrogen) atoms. The molecule has 0 amide bonds. The number of hydrogen-bond donors (Lipinski definition) is 0. The Bertz CT molecular complexity index is 1400. The van der Waals surface area contributed by atoms with Crippen LogP contribution in [0.1, 0.15) is 22.8 Å². The molecule has 0 aliphatic heterocycles. The highest BCUT2D eigenvalue weighted by atomic mass is 16.6. The molecule has 0 radical (unpaired) electrons. The molecule has 0 aliphatic rings. The molecule has 0 atom stereocenters. The summed E-state index contributed by atoms with van der Waals surface area (Å²) in [5.74, 6) is 2.14. The SMILES string of the molecule is COc1ccc2c(c1)c(OCc1cc(C(C)=O)ccc1OC)nn2CCOc1ccc([N+](=O)[O-])cc1. The number of aromatic nitrogens is 2. The van der Waals surface area contributed by atoms with E-state index in [0.29, 0.717) is 35.2 Å². The Morgan fingerprint density at radius 2 is 1.72 bits per heavy atom. The summed E-state index contributed by atoms with van der Waals surface area (Å²) in [6.45, 7) is 2.35. The van der Waals surface area contributed by atoms with E-state index in [1.165, 1.54) is 19.1 Å². The second kappa shape index (κ2) is 10.8. The zero-order valence-electron chi connectivity index (χ0n) is 20.1. The molecule has 10 heteroatoms. The first-order chi connectivity index (χ1) is 17.4. The van der Waals surface area contributed by atoms with E-state index in [1.807, 2.05) is 18.2 Å². The molecule has 4 aromatic rings. The Hall–Kier alpha value is -4.60. The number of ether oxygens (including phenoxy) is 4. The van der Waals surface area contributed by atoms with Crippen LogP contribution >= 0.6 is 0 Å². The molecule has 1 aromatic heterocycles. The van der Waals surface area contributed by atoms with E-state index >= 15 is 0 Å². The number of carbonyl (C=O) groups excluding carboxylic acids is 1. The summed E-state index contributed by atoms with van der Waals surface area (Å²) in [5.41, 5.74) is 2.11. The van der Waals surface area contributed by atoms with E-state index in [0.717, 1.165) is 16.5 Å². The number of Topliss-reactive ketones (excluding diaryl/α,β-unsaturated/α-hetero) is 1. The van der Waals surface area contributed by atoms with Crippen molar-refractivity contribution in [1.29, 1.82) is 0 Å².